The van der Waals surface area contributed by atoms with Gasteiger partial charge in [-0.05, 0) is 87.0 Å². The van der Waals surface area contributed by atoms with E-state index in [-0.39, 0.29) is 0 Å². The molecule has 15 rings (SSSR count). The molecule has 5 heteroatoms. The quantitative estimate of drug-likeness (QED) is 0.118. The molecule has 0 amide bonds. The summed E-state index contributed by atoms with van der Waals surface area (Å²) in [7, 11) is -3.26. The molecule has 0 atom stereocenters. The average Bonchev–Trinajstić information content (AvgIpc) is 4.20. The molecule has 0 N–H and O–H groups in total. The van der Waals surface area contributed by atoms with E-state index in [4.69, 9.17) is 8.83 Å². The van der Waals surface area contributed by atoms with E-state index in [9.17, 15) is 0 Å². The lowest BCUT2D eigenvalue weighted by molar-refractivity contribution is 0.670. The first kappa shape index (κ1) is 39.8. The molecule has 0 unspecified atom stereocenters. The first-order valence-electron chi connectivity index (χ1n) is 24.3. The molecule has 4 aromatic heterocycles. The maximum atomic E-state index is 7.26. The second-order valence-electron chi connectivity index (χ2n) is 18.7. The predicted molar refractivity (Wildman–Crippen MR) is 299 cm³/mol. The van der Waals surface area contributed by atoms with E-state index in [2.05, 4.69) is 264 Å². The van der Waals surface area contributed by atoms with Crippen LogP contribution in [0.25, 0.3) is 110 Å². The second kappa shape index (κ2) is 15.4. The third-order valence-electron chi connectivity index (χ3n) is 15.1. The van der Waals surface area contributed by atoms with E-state index in [1.165, 1.54) is 64.4 Å². The van der Waals surface area contributed by atoms with Gasteiger partial charge in [0.05, 0.1) is 27.8 Å². The van der Waals surface area contributed by atoms with Gasteiger partial charge in [0.2, 0.25) is 0 Å². The molecule has 11 aromatic carbocycles. The zero-order valence-electron chi connectivity index (χ0n) is 38.5. The summed E-state index contributed by atoms with van der Waals surface area (Å²) in [4.78, 5) is 0. The van der Waals surface area contributed by atoms with E-state index in [0.29, 0.717) is 0 Å². The minimum Gasteiger partial charge on any atom is -0.456 e. The number of fused-ring (bicyclic) bond motifs is 12. The highest BCUT2D eigenvalue weighted by Crippen LogP contribution is 2.40. The Morgan fingerprint density at radius 2 is 0.718 bits per heavy atom. The Bertz CT molecular complexity index is 4450. The van der Waals surface area contributed by atoms with Crippen LogP contribution in [-0.4, -0.2) is 17.2 Å². The molecule has 0 aliphatic heterocycles. The Kier molecular flexibility index (Phi) is 8.64. The minimum absolute atomic E-state index is 0.856. The highest BCUT2D eigenvalue weighted by atomic mass is 28.3. The number of aromatic nitrogens is 2. The van der Waals surface area contributed by atoms with Crippen LogP contribution < -0.4 is 20.7 Å². The summed E-state index contributed by atoms with van der Waals surface area (Å²) < 4.78 is 19.3. The average molecular weight is 923 g/mol. The lowest BCUT2D eigenvalue weighted by atomic mass is 10.0. The molecule has 4 heterocycles. The fraction of sp³-hybridized carbons (Fsp3) is 0. The molecule has 0 fully saturated rings. The summed E-state index contributed by atoms with van der Waals surface area (Å²) in [5.74, 6) is 0. The Hall–Kier alpha value is -9.16. The van der Waals surface area contributed by atoms with Crippen LogP contribution in [0.2, 0.25) is 0 Å². The van der Waals surface area contributed by atoms with Crippen LogP contribution in [0.5, 0.6) is 0 Å². The third-order valence-corrected chi connectivity index (χ3v) is 19.9. The van der Waals surface area contributed by atoms with E-state index < -0.39 is 8.07 Å². The van der Waals surface area contributed by atoms with Gasteiger partial charge in [0.1, 0.15) is 22.3 Å². The highest BCUT2D eigenvalue weighted by molar-refractivity contribution is 7.21. The van der Waals surface area contributed by atoms with Crippen LogP contribution in [-0.2, 0) is 0 Å². The van der Waals surface area contributed by atoms with E-state index in [0.717, 1.165) is 66.4 Å². The van der Waals surface area contributed by atoms with Crippen molar-refractivity contribution in [1.82, 2.24) is 9.13 Å². The molecule has 0 aliphatic rings. The number of hydrogen-bond acceptors (Lipinski definition) is 2. The topological polar surface area (TPSA) is 36.1 Å². The van der Waals surface area contributed by atoms with Crippen molar-refractivity contribution >= 4 is 116 Å². The number of hydrogen-bond donors (Lipinski definition) is 0. The standard InChI is InChI=1S/C66H42N2O2Si/c1-3-19-45(20-4-1)71(46-21-5-2-6-22-46,64-36-18-29-53-55-42-44(38-40-62(55)70-66(53)64)67-57-31-13-8-24-48(57)49-25-9-14-32-58(49)67)63-35-17-28-52-54-41-43(37-39-61(54)69-65(52)63)47-23-7-12-30-56(47)68-59-33-15-10-26-50(59)51-27-11-16-34-60(51)68/h1-42H. The fourth-order valence-corrected chi connectivity index (χ4v) is 17.1. The molecule has 0 saturated carbocycles. The number of benzene rings is 11. The molecule has 71 heavy (non-hydrogen) atoms. The summed E-state index contributed by atoms with van der Waals surface area (Å²) in [5.41, 5.74) is 12.8. The Balaban J connectivity index is 0.967. The van der Waals surface area contributed by atoms with Crippen LogP contribution in [0.1, 0.15) is 0 Å². The Morgan fingerprint density at radius 1 is 0.296 bits per heavy atom. The summed E-state index contributed by atoms with van der Waals surface area (Å²) in [6, 6.07) is 92.7. The van der Waals surface area contributed by atoms with Crippen molar-refractivity contribution in [3.05, 3.63) is 255 Å². The van der Waals surface area contributed by atoms with Crippen molar-refractivity contribution in [1.29, 1.82) is 0 Å². The molecular formula is C66H42N2O2Si. The summed E-state index contributed by atoms with van der Waals surface area (Å²) in [6.07, 6.45) is 0. The number of furan rings is 2. The lowest BCUT2D eigenvalue weighted by Crippen LogP contribution is -2.75. The second-order valence-corrected chi connectivity index (χ2v) is 22.4. The van der Waals surface area contributed by atoms with Crippen LogP contribution in [0.4, 0.5) is 0 Å². The normalized spacial score (nSPS) is 12.2. The minimum atomic E-state index is -3.26. The maximum Gasteiger partial charge on any atom is 0.188 e. The van der Waals surface area contributed by atoms with Crippen molar-refractivity contribution in [3.8, 4) is 22.5 Å². The molecule has 15 aromatic rings. The smallest absolute Gasteiger partial charge is 0.188 e. The van der Waals surface area contributed by atoms with Gasteiger partial charge < -0.3 is 18.0 Å². The first-order chi connectivity index (χ1) is 35.2. The van der Waals surface area contributed by atoms with Crippen molar-refractivity contribution in [2.45, 2.75) is 0 Å². The van der Waals surface area contributed by atoms with Gasteiger partial charge in [-0.3, -0.25) is 0 Å². The molecule has 0 radical (unpaired) electrons. The Morgan fingerprint density at radius 3 is 1.25 bits per heavy atom. The predicted octanol–water partition coefficient (Wildman–Crippen LogP) is 14.7. The van der Waals surface area contributed by atoms with E-state index >= 15 is 0 Å². The van der Waals surface area contributed by atoms with Gasteiger partial charge in [0, 0.05) is 54.3 Å². The summed E-state index contributed by atoms with van der Waals surface area (Å²) >= 11 is 0. The molecule has 332 valence electrons. The summed E-state index contributed by atoms with van der Waals surface area (Å²) in [5, 5.41) is 14.2. The largest absolute Gasteiger partial charge is 0.456 e. The maximum absolute atomic E-state index is 7.26. The van der Waals surface area contributed by atoms with Gasteiger partial charge in [-0.2, -0.15) is 0 Å². The van der Waals surface area contributed by atoms with Crippen LogP contribution in [0.3, 0.4) is 0 Å². The van der Waals surface area contributed by atoms with Crippen LogP contribution in [0.15, 0.2) is 264 Å². The van der Waals surface area contributed by atoms with Gasteiger partial charge in [-0.1, -0.05) is 194 Å². The van der Waals surface area contributed by atoms with E-state index in [1.54, 1.807) is 0 Å². The fourth-order valence-electron chi connectivity index (χ4n) is 12.1. The molecule has 0 bridgehead atoms. The summed E-state index contributed by atoms with van der Waals surface area (Å²) in [6.45, 7) is 0. The highest BCUT2D eigenvalue weighted by Gasteiger charge is 2.45. The number of rotatable bonds is 7. The SMILES string of the molecule is c1ccc([Si](c2ccccc2)(c2cccc3c2oc2ccc(-c4ccccc4-n4c5ccccc5c5ccccc54)cc23)c2cccc3c2oc2ccc(-n4c5ccccc5c5ccccc54)cc23)cc1. The molecular weight excluding hydrogens is 881 g/mol. The lowest BCUT2D eigenvalue weighted by Gasteiger charge is -2.34. The van der Waals surface area contributed by atoms with Crippen LogP contribution in [0, 0.1) is 0 Å². The van der Waals surface area contributed by atoms with Gasteiger partial charge >= 0.3 is 0 Å². The van der Waals surface area contributed by atoms with Crippen molar-refractivity contribution in [2.24, 2.45) is 0 Å². The molecule has 0 spiro atoms. The van der Waals surface area contributed by atoms with Gasteiger partial charge in [0.15, 0.2) is 8.07 Å². The zero-order chi connectivity index (χ0) is 46.6. The van der Waals surface area contributed by atoms with E-state index in [1.807, 2.05) is 0 Å². The van der Waals surface area contributed by atoms with Crippen molar-refractivity contribution < 1.29 is 8.83 Å². The number of nitrogens with zero attached hydrogens (tertiary/aromatic N) is 2. The Labute approximate surface area is 409 Å². The monoisotopic (exact) mass is 922 g/mol. The first-order valence-corrected chi connectivity index (χ1v) is 26.3. The number of para-hydroxylation sites is 7. The molecule has 0 saturated heterocycles. The third kappa shape index (κ3) is 5.72. The zero-order valence-corrected chi connectivity index (χ0v) is 39.5. The van der Waals surface area contributed by atoms with Gasteiger partial charge in [-0.25, -0.2) is 0 Å². The van der Waals surface area contributed by atoms with Crippen molar-refractivity contribution in [2.75, 3.05) is 0 Å². The molecule has 0 aliphatic carbocycles. The van der Waals surface area contributed by atoms with Crippen molar-refractivity contribution in [3.63, 3.8) is 0 Å². The van der Waals surface area contributed by atoms with Gasteiger partial charge in [-0.15, -0.1) is 0 Å². The van der Waals surface area contributed by atoms with Crippen LogP contribution >= 0.6 is 0 Å². The van der Waals surface area contributed by atoms with Gasteiger partial charge in [0.25, 0.3) is 0 Å². The molecule has 4 nitrogen and oxygen atoms in total.